The van der Waals surface area contributed by atoms with Gasteiger partial charge in [-0.15, -0.1) is 0 Å². The third kappa shape index (κ3) is 1.97. The molecule has 5 nitrogen and oxygen atoms in total. The SMILES string of the molecule is Cc1cc(Cl)nc(N2Cc3ccccc3S2(=O)=O)n1. The summed E-state index contributed by atoms with van der Waals surface area (Å²) >= 11 is 5.86. The lowest BCUT2D eigenvalue weighted by atomic mass is 10.2. The van der Waals surface area contributed by atoms with E-state index in [0.717, 1.165) is 5.56 Å². The van der Waals surface area contributed by atoms with Gasteiger partial charge >= 0.3 is 0 Å². The molecule has 3 rings (SSSR count). The lowest BCUT2D eigenvalue weighted by Gasteiger charge is -2.15. The van der Waals surface area contributed by atoms with Crippen LogP contribution in [-0.4, -0.2) is 18.4 Å². The molecular formula is C12H10ClN3O2S. The molecule has 0 fully saturated rings. The summed E-state index contributed by atoms with van der Waals surface area (Å²) in [7, 11) is -3.58. The Kier molecular flexibility index (Phi) is 2.72. The van der Waals surface area contributed by atoms with Crippen molar-refractivity contribution in [3.05, 3.63) is 46.7 Å². The quantitative estimate of drug-likeness (QED) is 0.756. The summed E-state index contributed by atoms with van der Waals surface area (Å²) in [5.41, 5.74) is 1.37. The van der Waals surface area contributed by atoms with E-state index in [2.05, 4.69) is 9.97 Å². The molecule has 1 aromatic carbocycles. The van der Waals surface area contributed by atoms with Gasteiger partial charge in [-0.25, -0.2) is 22.7 Å². The van der Waals surface area contributed by atoms with E-state index in [4.69, 9.17) is 11.6 Å². The molecule has 7 heteroatoms. The highest BCUT2D eigenvalue weighted by atomic mass is 35.5. The molecule has 0 atom stereocenters. The van der Waals surface area contributed by atoms with Crippen molar-refractivity contribution in [2.24, 2.45) is 0 Å². The van der Waals surface area contributed by atoms with Crippen molar-refractivity contribution < 1.29 is 8.42 Å². The summed E-state index contributed by atoms with van der Waals surface area (Å²) in [5, 5.41) is 0.230. The van der Waals surface area contributed by atoms with Gasteiger partial charge in [-0.1, -0.05) is 29.8 Å². The average molecular weight is 296 g/mol. The summed E-state index contributed by atoms with van der Waals surface area (Å²) < 4.78 is 26.0. The summed E-state index contributed by atoms with van der Waals surface area (Å²) in [6.07, 6.45) is 0. The number of fused-ring (bicyclic) bond motifs is 1. The van der Waals surface area contributed by atoms with Crippen LogP contribution >= 0.6 is 11.6 Å². The number of hydrogen-bond donors (Lipinski definition) is 0. The Morgan fingerprint density at radius 3 is 2.68 bits per heavy atom. The highest BCUT2D eigenvalue weighted by Gasteiger charge is 2.36. The largest absolute Gasteiger partial charge is 0.267 e. The van der Waals surface area contributed by atoms with Crippen LogP contribution in [0.5, 0.6) is 0 Å². The molecule has 0 saturated carbocycles. The smallest absolute Gasteiger partial charge is 0.229 e. The topological polar surface area (TPSA) is 63.2 Å². The third-order valence-corrected chi connectivity index (χ3v) is 4.91. The number of sulfonamides is 1. The van der Waals surface area contributed by atoms with Gasteiger partial charge < -0.3 is 0 Å². The van der Waals surface area contributed by atoms with Gasteiger partial charge in [0.15, 0.2) is 0 Å². The molecule has 0 N–H and O–H groups in total. The van der Waals surface area contributed by atoms with E-state index in [1.165, 1.54) is 4.31 Å². The van der Waals surface area contributed by atoms with Crippen molar-refractivity contribution in [2.45, 2.75) is 18.4 Å². The lowest BCUT2D eigenvalue weighted by Crippen LogP contribution is -2.26. The maximum Gasteiger partial charge on any atom is 0.267 e. The van der Waals surface area contributed by atoms with Crippen LogP contribution in [0.3, 0.4) is 0 Å². The Labute approximate surface area is 115 Å². The Morgan fingerprint density at radius 2 is 2.00 bits per heavy atom. The van der Waals surface area contributed by atoms with Gasteiger partial charge in [-0.2, -0.15) is 0 Å². The molecule has 1 aliphatic heterocycles. The summed E-state index contributed by atoms with van der Waals surface area (Å²) in [6.45, 7) is 1.98. The van der Waals surface area contributed by atoms with E-state index in [9.17, 15) is 8.42 Å². The molecule has 19 heavy (non-hydrogen) atoms. The van der Waals surface area contributed by atoms with Gasteiger partial charge in [-0.05, 0) is 24.6 Å². The predicted molar refractivity (Wildman–Crippen MR) is 71.6 cm³/mol. The molecule has 2 aromatic rings. The van der Waals surface area contributed by atoms with E-state index in [0.29, 0.717) is 10.6 Å². The van der Waals surface area contributed by atoms with Gasteiger partial charge in [0, 0.05) is 5.69 Å². The van der Waals surface area contributed by atoms with Gasteiger partial charge in [-0.3, -0.25) is 0 Å². The van der Waals surface area contributed by atoms with Gasteiger partial charge in [0.25, 0.3) is 10.0 Å². The first-order valence-electron chi connectivity index (χ1n) is 5.60. The van der Waals surface area contributed by atoms with E-state index >= 15 is 0 Å². The molecule has 0 bridgehead atoms. The van der Waals surface area contributed by atoms with Crippen LogP contribution in [-0.2, 0) is 16.6 Å². The third-order valence-electron chi connectivity index (χ3n) is 2.89. The van der Waals surface area contributed by atoms with Crippen molar-refractivity contribution in [2.75, 3.05) is 4.31 Å². The number of benzene rings is 1. The van der Waals surface area contributed by atoms with E-state index < -0.39 is 10.0 Å². The van der Waals surface area contributed by atoms with E-state index in [1.807, 2.05) is 6.07 Å². The molecule has 0 saturated heterocycles. The number of rotatable bonds is 1. The molecule has 0 spiro atoms. The summed E-state index contributed by atoms with van der Waals surface area (Å²) in [6, 6.07) is 8.46. The molecule has 0 radical (unpaired) electrons. The van der Waals surface area contributed by atoms with Crippen molar-refractivity contribution in [1.82, 2.24) is 9.97 Å². The molecule has 2 heterocycles. The molecule has 1 aromatic heterocycles. The van der Waals surface area contributed by atoms with Crippen LogP contribution in [0.15, 0.2) is 35.2 Å². The van der Waals surface area contributed by atoms with E-state index in [-0.39, 0.29) is 17.6 Å². The zero-order valence-electron chi connectivity index (χ0n) is 10.0. The lowest BCUT2D eigenvalue weighted by molar-refractivity contribution is 0.595. The first-order valence-corrected chi connectivity index (χ1v) is 7.42. The average Bonchev–Trinajstić information content (AvgIpc) is 2.61. The van der Waals surface area contributed by atoms with Crippen molar-refractivity contribution >= 4 is 27.6 Å². The molecule has 1 aliphatic rings. The second kappa shape index (κ2) is 4.18. The highest BCUT2D eigenvalue weighted by molar-refractivity contribution is 7.93. The Balaban J connectivity index is 2.15. The normalized spacial score (nSPS) is 16.4. The second-order valence-electron chi connectivity index (χ2n) is 4.25. The standard InChI is InChI=1S/C12H10ClN3O2S/c1-8-6-11(13)15-12(14-8)16-7-9-4-2-3-5-10(9)19(16,17)18/h2-6H,7H2,1H3. The number of aromatic nitrogens is 2. The first-order chi connectivity index (χ1) is 8.98. The molecule has 0 unspecified atom stereocenters. The second-order valence-corrected chi connectivity index (χ2v) is 6.47. The van der Waals surface area contributed by atoms with Gasteiger partial charge in [0.2, 0.25) is 5.95 Å². The fraction of sp³-hybridized carbons (Fsp3) is 0.167. The van der Waals surface area contributed by atoms with Crippen molar-refractivity contribution in [1.29, 1.82) is 0 Å². The van der Waals surface area contributed by atoms with Crippen LogP contribution in [0.2, 0.25) is 5.15 Å². The Hall–Kier alpha value is -1.66. The number of hydrogen-bond acceptors (Lipinski definition) is 4. The monoisotopic (exact) mass is 295 g/mol. The molecule has 98 valence electrons. The summed E-state index contributed by atoms with van der Waals surface area (Å²) in [4.78, 5) is 8.44. The minimum absolute atomic E-state index is 0.112. The van der Waals surface area contributed by atoms with Gasteiger partial charge in [0.1, 0.15) is 5.15 Å². The van der Waals surface area contributed by atoms with E-state index in [1.54, 1.807) is 31.2 Å². The maximum atomic E-state index is 12.4. The van der Waals surface area contributed by atoms with Crippen molar-refractivity contribution in [3.8, 4) is 0 Å². The molecular weight excluding hydrogens is 286 g/mol. The predicted octanol–water partition coefficient (Wildman–Crippen LogP) is 2.15. The molecule has 0 aliphatic carbocycles. The fourth-order valence-corrected chi connectivity index (χ4v) is 3.84. The number of nitrogens with zero attached hydrogens (tertiary/aromatic N) is 3. The highest BCUT2D eigenvalue weighted by Crippen LogP contribution is 2.32. The van der Waals surface area contributed by atoms with Crippen LogP contribution in [0, 0.1) is 6.92 Å². The number of aryl methyl sites for hydroxylation is 1. The van der Waals surface area contributed by atoms with Gasteiger partial charge in [0.05, 0.1) is 11.4 Å². The zero-order chi connectivity index (χ0) is 13.6. The number of halogens is 1. The van der Waals surface area contributed by atoms with Crippen LogP contribution < -0.4 is 4.31 Å². The van der Waals surface area contributed by atoms with Crippen molar-refractivity contribution in [3.63, 3.8) is 0 Å². The first kappa shape index (κ1) is 12.4. The van der Waals surface area contributed by atoms with Crippen LogP contribution in [0.1, 0.15) is 11.3 Å². The molecule has 0 amide bonds. The van der Waals surface area contributed by atoms with Crippen LogP contribution in [0.4, 0.5) is 5.95 Å². The Bertz CT molecular complexity index is 741. The summed E-state index contributed by atoms with van der Waals surface area (Å²) in [5.74, 6) is 0.112. The maximum absolute atomic E-state index is 12.4. The Morgan fingerprint density at radius 1 is 1.26 bits per heavy atom. The number of anilines is 1. The minimum atomic E-state index is -3.58. The van der Waals surface area contributed by atoms with Crippen LogP contribution in [0.25, 0.3) is 0 Å². The fourth-order valence-electron chi connectivity index (χ4n) is 2.05. The minimum Gasteiger partial charge on any atom is -0.229 e. The zero-order valence-corrected chi connectivity index (χ0v) is 11.6.